The second-order valence-electron chi connectivity index (χ2n) is 6.48. The maximum Gasteiger partial charge on any atom is 0.251 e. The highest BCUT2D eigenvalue weighted by atomic mass is 16.1. The van der Waals surface area contributed by atoms with Gasteiger partial charge in [0.25, 0.3) is 5.56 Å². The fraction of sp³-hybridized carbons (Fsp3) is 0.474. The van der Waals surface area contributed by atoms with Crippen molar-refractivity contribution in [3.05, 3.63) is 63.8 Å². The molecule has 4 heteroatoms. The van der Waals surface area contributed by atoms with E-state index in [0.29, 0.717) is 11.7 Å². The molecule has 0 bridgehead atoms. The van der Waals surface area contributed by atoms with Crippen LogP contribution in [0.4, 0.5) is 0 Å². The standard InChI is InChI=1S/C19H25N3O/c1-15-20-18(13-19(23)21-15)17-10-6-12-22(14-17)11-5-9-16-7-3-2-4-8-16/h2-4,7-8,13,17H,5-6,9-12,14H2,1H3,(H,20,21,23). The minimum absolute atomic E-state index is 0.0336. The summed E-state index contributed by atoms with van der Waals surface area (Å²) in [7, 11) is 0. The number of benzene rings is 1. The Balaban J connectivity index is 1.54. The minimum Gasteiger partial charge on any atom is -0.311 e. The molecule has 0 radical (unpaired) electrons. The number of hydrogen-bond acceptors (Lipinski definition) is 3. The van der Waals surface area contributed by atoms with E-state index < -0.39 is 0 Å². The van der Waals surface area contributed by atoms with Crippen molar-refractivity contribution in [1.29, 1.82) is 0 Å². The van der Waals surface area contributed by atoms with Crippen molar-refractivity contribution in [2.75, 3.05) is 19.6 Å². The van der Waals surface area contributed by atoms with Crippen LogP contribution < -0.4 is 5.56 Å². The number of rotatable bonds is 5. The van der Waals surface area contributed by atoms with Crippen LogP contribution in [-0.4, -0.2) is 34.5 Å². The Morgan fingerprint density at radius 3 is 2.91 bits per heavy atom. The first-order chi connectivity index (χ1) is 11.2. The maximum absolute atomic E-state index is 11.7. The van der Waals surface area contributed by atoms with Gasteiger partial charge in [-0.2, -0.15) is 0 Å². The van der Waals surface area contributed by atoms with E-state index in [0.717, 1.165) is 38.2 Å². The Morgan fingerprint density at radius 2 is 2.13 bits per heavy atom. The number of piperidine rings is 1. The van der Waals surface area contributed by atoms with Crippen LogP contribution >= 0.6 is 0 Å². The molecule has 1 aliphatic heterocycles. The third-order valence-electron chi connectivity index (χ3n) is 4.59. The van der Waals surface area contributed by atoms with Gasteiger partial charge < -0.3 is 9.88 Å². The van der Waals surface area contributed by atoms with Gasteiger partial charge in [-0.1, -0.05) is 30.3 Å². The van der Waals surface area contributed by atoms with Gasteiger partial charge in [0.15, 0.2) is 0 Å². The van der Waals surface area contributed by atoms with E-state index >= 15 is 0 Å². The molecular weight excluding hydrogens is 286 g/mol. The molecule has 0 aliphatic carbocycles. The van der Waals surface area contributed by atoms with Crippen molar-refractivity contribution in [3.8, 4) is 0 Å². The zero-order valence-electron chi connectivity index (χ0n) is 13.8. The van der Waals surface area contributed by atoms with E-state index in [1.54, 1.807) is 6.07 Å². The second-order valence-corrected chi connectivity index (χ2v) is 6.48. The molecule has 3 rings (SSSR count). The lowest BCUT2D eigenvalue weighted by Gasteiger charge is -2.32. The molecule has 2 heterocycles. The molecule has 0 spiro atoms. The fourth-order valence-corrected chi connectivity index (χ4v) is 3.46. The molecule has 1 saturated heterocycles. The zero-order valence-corrected chi connectivity index (χ0v) is 13.8. The van der Waals surface area contributed by atoms with Crippen LogP contribution in [0.5, 0.6) is 0 Å². The number of nitrogens with zero attached hydrogens (tertiary/aromatic N) is 2. The normalized spacial score (nSPS) is 18.9. The van der Waals surface area contributed by atoms with Crippen molar-refractivity contribution in [2.45, 2.75) is 38.5 Å². The lowest BCUT2D eigenvalue weighted by molar-refractivity contribution is 0.204. The maximum atomic E-state index is 11.7. The van der Waals surface area contributed by atoms with Gasteiger partial charge in [-0.05, 0) is 51.3 Å². The van der Waals surface area contributed by atoms with Crippen molar-refractivity contribution in [1.82, 2.24) is 14.9 Å². The largest absolute Gasteiger partial charge is 0.311 e. The number of likely N-dealkylation sites (tertiary alicyclic amines) is 1. The Labute approximate surface area is 137 Å². The summed E-state index contributed by atoms with van der Waals surface area (Å²) < 4.78 is 0. The second kappa shape index (κ2) is 7.55. The summed E-state index contributed by atoms with van der Waals surface area (Å²) in [6, 6.07) is 12.3. The first kappa shape index (κ1) is 15.9. The number of aromatic nitrogens is 2. The topological polar surface area (TPSA) is 49.0 Å². The van der Waals surface area contributed by atoms with E-state index in [9.17, 15) is 4.79 Å². The summed E-state index contributed by atoms with van der Waals surface area (Å²) in [5.74, 6) is 1.11. The summed E-state index contributed by atoms with van der Waals surface area (Å²) in [5, 5.41) is 0. The van der Waals surface area contributed by atoms with Gasteiger partial charge in [0.05, 0.1) is 5.69 Å². The number of hydrogen-bond donors (Lipinski definition) is 1. The fourth-order valence-electron chi connectivity index (χ4n) is 3.46. The molecule has 1 aromatic carbocycles. The molecule has 0 saturated carbocycles. The molecule has 2 aromatic rings. The molecular formula is C19H25N3O. The molecule has 1 atom stereocenters. The number of aromatic amines is 1. The van der Waals surface area contributed by atoms with Gasteiger partial charge in [-0.15, -0.1) is 0 Å². The van der Waals surface area contributed by atoms with Gasteiger partial charge in [-0.25, -0.2) is 4.98 Å². The van der Waals surface area contributed by atoms with Crippen LogP contribution in [0.15, 0.2) is 41.2 Å². The number of aryl methyl sites for hydroxylation is 2. The molecule has 23 heavy (non-hydrogen) atoms. The average Bonchev–Trinajstić information content (AvgIpc) is 2.55. The van der Waals surface area contributed by atoms with Gasteiger partial charge in [0.1, 0.15) is 5.82 Å². The molecule has 122 valence electrons. The van der Waals surface area contributed by atoms with Crippen molar-refractivity contribution in [2.24, 2.45) is 0 Å². The summed E-state index contributed by atoms with van der Waals surface area (Å²) in [5.41, 5.74) is 2.33. The highest BCUT2D eigenvalue weighted by molar-refractivity contribution is 5.14. The van der Waals surface area contributed by atoms with Crippen molar-refractivity contribution < 1.29 is 0 Å². The molecule has 0 amide bonds. The molecule has 4 nitrogen and oxygen atoms in total. The smallest absolute Gasteiger partial charge is 0.251 e. The van der Waals surface area contributed by atoms with Crippen LogP contribution in [0, 0.1) is 6.92 Å². The van der Waals surface area contributed by atoms with E-state index in [4.69, 9.17) is 0 Å². The van der Waals surface area contributed by atoms with Crippen molar-refractivity contribution >= 4 is 0 Å². The van der Waals surface area contributed by atoms with Crippen molar-refractivity contribution in [3.63, 3.8) is 0 Å². The van der Waals surface area contributed by atoms with Crippen LogP contribution in [-0.2, 0) is 6.42 Å². The summed E-state index contributed by atoms with van der Waals surface area (Å²) in [6.07, 6.45) is 4.62. The predicted octanol–water partition coefficient (Wildman–Crippen LogP) is 2.89. The third-order valence-corrected chi connectivity index (χ3v) is 4.59. The summed E-state index contributed by atoms with van der Waals surface area (Å²) in [6.45, 7) is 5.15. The molecule has 1 unspecified atom stereocenters. The first-order valence-electron chi connectivity index (χ1n) is 8.55. The quantitative estimate of drug-likeness (QED) is 0.923. The van der Waals surface area contributed by atoms with Gasteiger partial charge >= 0.3 is 0 Å². The summed E-state index contributed by atoms with van der Waals surface area (Å²) in [4.78, 5) is 21.4. The van der Waals surface area contributed by atoms with Gasteiger partial charge in [0, 0.05) is 18.5 Å². The van der Waals surface area contributed by atoms with E-state index in [1.165, 1.54) is 18.4 Å². The Bertz CT molecular complexity index is 681. The summed E-state index contributed by atoms with van der Waals surface area (Å²) >= 11 is 0. The minimum atomic E-state index is -0.0336. The SMILES string of the molecule is Cc1nc(C2CCCN(CCCc3ccccc3)C2)cc(=O)[nH]1. The molecule has 1 aromatic heterocycles. The van der Waals surface area contributed by atoms with Gasteiger partial charge in [0.2, 0.25) is 0 Å². The van der Waals surface area contributed by atoms with Crippen LogP contribution in [0.1, 0.15) is 42.3 Å². The Morgan fingerprint density at radius 1 is 1.30 bits per heavy atom. The van der Waals surface area contributed by atoms with E-state index in [2.05, 4.69) is 45.2 Å². The average molecular weight is 311 g/mol. The van der Waals surface area contributed by atoms with Crippen LogP contribution in [0.3, 0.4) is 0 Å². The Kier molecular flexibility index (Phi) is 5.23. The number of H-pyrrole nitrogens is 1. The molecule has 1 aliphatic rings. The highest BCUT2D eigenvalue weighted by Crippen LogP contribution is 2.25. The lowest BCUT2D eigenvalue weighted by atomic mass is 9.94. The molecule has 1 N–H and O–H groups in total. The predicted molar refractivity (Wildman–Crippen MR) is 92.8 cm³/mol. The lowest BCUT2D eigenvalue weighted by Crippen LogP contribution is -2.36. The third kappa shape index (κ3) is 4.52. The van der Waals surface area contributed by atoms with E-state index in [1.807, 2.05) is 6.92 Å². The number of nitrogens with one attached hydrogen (secondary N) is 1. The zero-order chi connectivity index (χ0) is 16.1. The van der Waals surface area contributed by atoms with Crippen LogP contribution in [0.2, 0.25) is 0 Å². The van der Waals surface area contributed by atoms with Crippen LogP contribution in [0.25, 0.3) is 0 Å². The molecule has 1 fully saturated rings. The van der Waals surface area contributed by atoms with E-state index in [-0.39, 0.29) is 5.56 Å². The first-order valence-corrected chi connectivity index (χ1v) is 8.55. The highest BCUT2D eigenvalue weighted by Gasteiger charge is 2.22. The Hall–Kier alpha value is -1.94. The van der Waals surface area contributed by atoms with Gasteiger partial charge in [-0.3, -0.25) is 4.79 Å². The monoisotopic (exact) mass is 311 g/mol.